The largest absolute Gasteiger partial charge is 0.141 e. The quantitative estimate of drug-likeness (QED) is 0.325. The smallest absolute Gasteiger partial charge is 0.110 e. The highest BCUT2D eigenvalue weighted by Gasteiger charge is 2.59. The molecule has 0 bridgehead atoms. The van der Waals surface area contributed by atoms with Crippen LogP contribution in [0.1, 0.15) is 16.7 Å². The van der Waals surface area contributed by atoms with E-state index in [2.05, 4.69) is 133 Å². The van der Waals surface area contributed by atoms with Gasteiger partial charge >= 0.3 is 0 Å². The van der Waals surface area contributed by atoms with Crippen LogP contribution in [0.4, 0.5) is 0 Å². The molecule has 1 aliphatic rings. The van der Waals surface area contributed by atoms with Crippen molar-refractivity contribution in [2.75, 3.05) is 11.3 Å². The summed E-state index contributed by atoms with van der Waals surface area (Å²) in [5.41, 5.74) is 4.18. The average Bonchev–Trinajstić information content (AvgIpc) is 3.21. The molecule has 1 atom stereocenters. The van der Waals surface area contributed by atoms with Crippen LogP contribution in [0.2, 0.25) is 0 Å². The first-order valence-electron chi connectivity index (χ1n) is 9.74. The minimum absolute atomic E-state index is 0.124. The standard InChI is InChI=1S/C26H22S3/c1-27-26(24-18-10-12-20-11-8-9-17-23(20)24)25(28-19-29-26,21-13-4-2-5-14-21)22-15-6-3-7-16-22/h2-18H,19H2,1H3. The highest BCUT2D eigenvalue weighted by Crippen LogP contribution is 2.71. The molecule has 144 valence electrons. The van der Waals surface area contributed by atoms with E-state index in [1.165, 1.54) is 27.5 Å². The zero-order chi connectivity index (χ0) is 19.7. The van der Waals surface area contributed by atoms with Crippen molar-refractivity contribution in [3.8, 4) is 0 Å². The molecule has 4 aromatic carbocycles. The van der Waals surface area contributed by atoms with Gasteiger partial charge in [0.05, 0.1) is 4.75 Å². The Labute approximate surface area is 185 Å². The van der Waals surface area contributed by atoms with Crippen LogP contribution in [-0.2, 0) is 8.83 Å². The zero-order valence-corrected chi connectivity index (χ0v) is 18.7. The van der Waals surface area contributed by atoms with Crippen LogP contribution in [-0.4, -0.2) is 11.3 Å². The topological polar surface area (TPSA) is 0 Å². The van der Waals surface area contributed by atoms with Crippen molar-refractivity contribution in [1.29, 1.82) is 0 Å². The summed E-state index contributed by atoms with van der Waals surface area (Å²) in [7, 11) is 0. The van der Waals surface area contributed by atoms with Gasteiger partial charge in [-0.15, -0.1) is 35.3 Å². The molecule has 0 spiro atoms. The second-order valence-electron chi connectivity index (χ2n) is 7.17. The van der Waals surface area contributed by atoms with Crippen LogP contribution in [0.25, 0.3) is 10.8 Å². The van der Waals surface area contributed by atoms with Crippen molar-refractivity contribution < 1.29 is 0 Å². The molecule has 0 aromatic heterocycles. The molecule has 0 radical (unpaired) electrons. The number of rotatable bonds is 4. The Morgan fingerprint density at radius 3 is 1.90 bits per heavy atom. The average molecular weight is 431 g/mol. The van der Waals surface area contributed by atoms with Gasteiger partial charge < -0.3 is 0 Å². The molecule has 1 unspecified atom stereocenters. The van der Waals surface area contributed by atoms with Crippen molar-refractivity contribution in [2.24, 2.45) is 0 Å². The summed E-state index contributed by atoms with van der Waals surface area (Å²) >= 11 is 6.14. The first-order chi connectivity index (χ1) is 14.3. The van der Waals surface area contributed by atoms with Crippen molar-refractivity contribution in [3.63, 3.8) is 0 Å². The number of benzene rings is 4. The molecule has 1 saturated heterocycles. The Morgan fingerprint density at radius 2 is 1.24 bits per heavy atom. The molecule has 1 aliphatic heterocycles. The first kappa shape index (κ1) is 19.2. The summed E-state index contributed by atoms with van der Waals surface area (Å²) in [6.45, 7) is 0. The second-order valence-corrected chi connectivity index (χ2v) is 11.2. The van der Waals surface area contributed by atoms with Crippen molar-refractivity contribution >= 4 is 46.1 Å². The Bertz CT molecular complexity index is 1080. The van der Waals surface area contributed by atoms with Gasteiger partial charge in [0.2, 0.25) is 0 Å². The zero-order valence-electron chi connectivity index (χ0n) is 16.2. The minimum atomic E-state index is -0.163. The SMILES string of the molecule is CSC1(c2cccc3ccccc23)SCSC1(c1ccccc1)c1ccccc1. The second kappa shape index (κ2) is 7.79. The van der Waals surface area contributed by atoms with E-state index in [4.69, 9.17) is 0 Å². The van der Waals surface area contributed by atoms with Crippen molar-refractivity contribution in [2.45, 2.75) is 8.83 Å². The highest BCUT2D eigenvalue weighted by atomic mass is 32.2. The number of fused-ring (bicyclic) bond motifs is 1. The third kappa shape index (κ3) is 2.86. The van der Waals surface area contributed by atoms with Gasteiger partial charge in [0.1, 0.15) is 4.08 Å². The van der Waals surface area contributed by atoms with Crippen LogP contribution in [0.15, 0.2) is 103 Å². The van der Waals surface area contributed by atoms with E-state index in [1.807, 2.05) is 11.8 Å². The summed E-state index contributed by atoms with van der Waals surface area (Å²) in [4.78, 5) is 0. The summed E-state index contributed by atoms with van der Waals surface area (Å²) < 4.78 is -0.287. The Balaban J connectivity index is 1.87. The van der Waals surface area contributed by atoms with Gasteiger partial charge in [0, 0.05) is 5.08 Å². The predicted molar refractivity (Wildman–Crippen MR) is 133 cm³/mol. The van der Waals surface area contributed by atoms with Crippen molar-refractivity contribution in [3.05, 3.63) is 120 Å². The number of hydrogen-bond donors (Lipinski definition) is 0. The molecule has 3 heteroatoms. The lowest BCUT2D eigenvalue weighted by molar-refractivity contribution is 0.686. The van der Waals surface area contributed by atoms with Crippen LogP contribution in [0.5, 0.6) is 0 Å². The van der Waals surface area contributed by atoms with E-state index in [9.17, 15) is 0 Å². The van der Waals surface area contributed by atoms with E-state index in [0.717, 1.165) is 5.08 Å². The molecule has 1 heterocycles. The van der Waals surface area contributed by atoms with Crippen LogP contribution >= 0.6 is 35.3 Å². The van der Waals surface area contributed by atoms with Crippen LogP contribution in [0.3, 0.4) is 0 Å². The molecule has 0 saturated carbocycles. The molecule has 4 aromatic rings. The van der Waals surface area contributed by atoms with Gasteiger partial charge in [-0.3, -0.25) is 0 Å². The van der Waals surface area contributed by atoms with E-state index in [0.29, 0.717) is 0 Å². The van der Waals surface area contributed by atoms with Gasteiger partial charge in [-0.2, -0.15) is 0 Å². The van der Waals surface area contributed by atoms with Gasteiger partial charge in [-0.05, 0) is 33.7 Å². The molecular weight excluding hydrogens is 408 g/mol. The van der Waals surface area contributed by atoms with Crippen LogP contribution < -0.4 is 0 Å². The molecule has 29 heavy (non-hydrogen) atoms. The van der Waals surface area contributed by atoms with E-state index >= 15 is 0 Å². The molecule has 1 fully saturated rings. The number of thioether (sulfide) groups is 3. The van der Waals surface area contributed by atoms with Gasteiger partial charge in [-0.1, -0.05) is 103 Å². The number of hydrogen-bond acceptors (Lipinski definition) is 3. The summed E-state index contributed by atoms with van der Waals surface area (Å²) in [5.74, 6) is 0. The predicted octanol–water partition coefficient (Wildman–Crippen LogP) is 7.74. The Morgan fingerprint density at radius 1 is 0.655 bits per heavy atom. The molecule has 0 nitrogen and oxygen atoms in total. The fraction of sp³-hybridized carbons (Fsp3) is 0.154. The van der Waals surface area contributed by atoms with Gasteiger partial charge in [0.25, 0.3) is 0 Å². The Hall–Kier alpha value is -1.81. The van der Waals surface area contributed by atoms with Gasteiger partial charge in [0.15, 0.2) is 0 Å². The lowest BCUT2D eigenvalue weighted by Gasteiger charge is -2.45. The lowest BCUT2D eigenvalue weighted by Crippen LogP contribution is -2.40. The maximum atomic E-state index is 2.35. The molecule has 0 amide bonds. The summed E-state index contributed by atoms with van der Waals surface area (Å²) in [6, 6.07) is 37.8. The fourth-order valence-corrected chi connectivity index (χ4v) is 10.4. The lowest BCUT2D eigenvalue weighted by atomic mass is 9.82. The molecule has 0 aliphatic carbocycles. The third-order valence-electron chi connectivity index (χ3n) is 5.79. The summed E-state index contributed by atoms with van der Waals surface area (Å²) in [5, 5.41) is 3.73. The first-order valence-corrected chi connectivity index (χ1v) is 12.9. The maximum Gasteiger partial charge on any atom is 0.110 e. The molecule has 0 N–H and O–H groups in total. The monoisotopic (exact) mass is 430 g/mol. The Kier molecular flexibility index (Phi) is 5.15. The van der Waals surface area contributed by atoms with Crippen LogP contribution in [0, 0.1) is 0 Å². The highest BCUT2D eigenvalue weighted by molar-refractivity contribution is 8.27. The van der Waals surface area contributed by atoms with E-state index in [-0.39, 0.29) is 8.83 Å². The summed E-state index contributed by atoms with van der Waals surface area (Å²) in [6.07, 6.45) is 2.28. The fourth-order valence-electron chi connectivity index (χ4n) is 4.55. The maximum absolute atomic E-state index is 2.35. The molecular formula is C26H22S3. The van der Waals surface area contributed by atoms with E-state index in [1.54, 1.807) is 0 Å². The van der Waals surface area contributed by atoms with Gasteiger partial charge in [-0.25, -0.2) is 0 Å². The minimum Gasteiger partial charge on any atom is -0.141 e. The van der Waals surface area contributed by atoms with Crippen molar-refractivity contribution in [1.82, 2.24) is 0 Å². The van der Waals surface area contributed by atoms with E-state index < -0.39 is 0 Å². The third-order valence-corrected chi connectivity index (χ3v) is 11.1. The molecule has 5 rings (SSSR count). The normalized spacial score (nSPS) is 20.7.